The Kier molecular flexibility index (Phi) is 7.93. The summed E-state index contributed by atoms with van der Waals surface area (Å²) in [4.78, 5) is 24.0. The molecular weight excluding hydrogens is 500 g/mol. The standard InChI is InChI=1S/C17H25ClN6O9S/c1-6(2)9(25)12(31-3)15(28)23-34(29,30)32-4-7-10(26)11(27)16(33-7)24-5-20-8-13(19)21-17(18)22-14(8)24/h5-7,9-12,16,25-27H,4H2,1-3H3,(H,23,28)(H2,19,21,22)/t7-,9-,10-,11-,12+,16-/m1/s1. The molecule has 0 aromatic carbocycles. The molecular formula is C17H25ClN6O9S. The Bertz CT molecular complexity index is 1150. The van der Waals surface area contributed by atoms with Gasteiger partial charge in [0.25, 0.3) is 5.91 Å². The molecule has 15 nitrogen and oxygen atoms in total. The van der Waals surface area contributed by atoms with E-state index >= 15 is 0 Å². The first-order valence-corrected chi connectivity index (χ1v) is 11.7. The van der Waals surface area contributed by atoms with Crippen LogP contribution in [0.25, 0.3) is 11.2 Å². The Morgan fingerprint density at radius 1 is 1.35 bits per heavy atom. The van der Waals surface area contributed by atoms with Crippen LogP contribution in [0.5, 0.6) is 0 Å². The van der Waals surface area contributed by atoms with Crippen molar-refractivity contribution in [3.05, 3.63) is 11.6 Å². The number of hydrogen-bond donors (Lipinski definition) is 5. The van der Waals surface area contributed by atoms with Gasteiger partial charge in [0.2, 0.25) is 5.28 Å². The molecule has 0 spiro atoms. The van der Waals surface area contributed by atoms with Crippen LogP contribution in [0.2, 0.25) is 5.28 Å². The van der Waals surface area contributed by atoms with E-state index in [2.05, 4.69) is 15.0 Å². The molecule has 0 unspecified atom stereocenters. The Hall–Kier alpha value is -2.18. The van der Waals surface area contributed by atoms with E-state index in [1.807, 2.05) is 0 Å². The Balaban J connectivity index is 1.69. The predicted octanol–water partition coefficient (Wildman–Crippen LogP) is -1.91. The fourth-order valence-corrected chi connectivity index (χ4v) is 4.22. The zero-order valence-corrected chi connectivity index (χ0v) is 19.8. The van der Waals surface area contributed by atoms with Crippen LogP contribution in [0.15, 0.2) is 6.33 Å². The molecule has 0 saturated carbocycles. The summed E-state index contributed by atoms with van der Waals surface area (Å²) >= 11 is 5.82. The number of carbonyl (C=O) groups excluding carboxylic acids is 1. The summed E-state index contributed by atoms with van der Waals surface area (Å²) in [6.45, 7) is 2.48. The van der Waals surface area contributed by atoms with Gasteiger partial charge >= 0.3 is 10.3 Å². The number of nitrogens with two attached hydrogens (primary N) is 1. The van der Waals surface area contributed by atoms with Crippen LogP contribution in [0, 0.1) is 5.92 Å². The summed E-state index contributed by atoms with van der Waals surface area (Å²) in [5.74, 6) is -1.55. The first-order valence-electron chi connectivity index (χ1n) is 9.95. The van der Waals surface area contributed by atoms with Gasteiger partial charge in [-0.1, -0.05) is 13.8 Å². The number of carbonyl (C=O) groups is 1. The molecule has 6 N–H and O–H groups in total. The minimum Gasteiger partial charge on any atom is -0.390 e. The molecule has 17 heteroatoms. The number of rotatable bonds is 9. The summed E-state index contributed by atoms with van der Waals surface area (Å²) in [7, 11) is -3.54. The Morgan fingerprint density at radius 3 is 2.65 bits per heavy atom. The third-order valence-electron chi connectivity index (χ3n) is 5.15. The summed E-state index contributed by atoms with van der Waals surface area (Å²) in [6.07, 6.45) is -7.16. The molecule has 34 heavy (non-hydrogen) atoms. The number of anilines is 1. The number of hydrogen-bond acceptors (Lipinski definition) is 13. The first kappa shape index (κ1) is 26.4. The SMILES string of the molecule is CO[C@H](C(=O)NS(=O)(=O)OC[C@H]1O[C@@H](n2cnc3c(N)nc(Cl)nc32)[C@H](O)[C@@H]1O)[C@H](O)C(C)C. The van der Waals surface area contributed by atoms with E-state index in [1.54, 1.807) is 18.6 Å². The average Bonchev–Trinajstić information content (AvgIpc) is 3.28. The number of aliphatic hydroxyl groups excluding tert-OH is 3. The number of nitrogen functional groups attached to an aromatic ring is 1. The number of methoxy groups -OCH3 is 1. The Morgan fingerprint density at radius 2 is 2.03 bits per heavy atom. The second-order valence-corrected chi connectivity index (χ2v) is 9.53. The van der Waals surface area contributed by atoms with Crippen LogP contribution in [0.4, 0.5) is 5.82 Å². The second-order valence-electron chi connectivity index (χ2n) is 7.84. The van der Waals surface area contributed by atoms with E-state index in [1.165, 1.54) is 10.9 Å². The summed E-state index contributed by atoms with van der Waals surface area (Å²) in [6, 6.07) is 0. The van der Waals surface area contributed by atoms with Gasteiger partial charge in [-0.05, 0) is 17.5 Å². The molecule has 1 saturated heterocycles. The predicted molar refractivity (Wildman–Crippen MR) is 115 cm³/mol. The number of nitrogens with zero attached hydrogens (tertiary/aromatic N) is 4. The van der Waals surface area contributed by atoms with Crippen LogP contribution in [0.1, 0.15) is 20.1 Å². The number of ether oxygens (including phenoxy) is 2. The molecule has 190 valence electrons. The van der Waals surface area contributed by atoms with Crippen molar-refractivity contribution in [1.82, 2.24) is 24.2 Å². The highest BCUT2D eigenvalue weighted by atomic mass is 35.5. The number of aliphatic hydroxyl groups is 3. The van der Waals surface area contributed by atoms with Crippen molar-refractivity contribution in [1.29, 1.82) is 0 Å². The smallest absolute Gasteiger partial charge is 0.362 e. The maximum Gasteiger partial charge on any atom is 0.362 e. The zero-order valence-electron chi connectivity index (χ0n) is 18.3. The minimum absolute atomic E-state index is 0.0135. The third-order valence-corrected chi connectivity index (χ3v) is 6.22. The van der Waals surface area contributed by atoms with E-state index in [4.69, 9.17) is 31.0 Å². The molecule has 6 atom stereocenters. The maximum absolute atomic E-state index is 12.2. The maximum atomic E-state index is 12.2. The Labute approximate surface area is 199 Å². The first-order chi connectivity index (χ1) is 15.9. The van der Waals surface area contributed by atoms with Gasteiger partial charge < -0.3 is 30.5 Å². The van der Waals surface area contributed by atoms with Crippen LogP contribution in [0.3, 0.4) is 0 Å². The van der Waals surface area contributed by atoms with Crippen molar-refractivity contribution in [2.24, 2.45) is 5.92 Å². The number of aromatic nitrogens is 4. The van der Waals surface area contributed by atoms with Crippen molar-refractivity contribution in [2.75, 3.05) is 19.5 Å². The van der Waals surface area contributed by atoms with E-state index < -0.39 is 65.5 Å². The molecule has 0 bridgehead atoms. The van der Waals surface area contributed by atoms with Crippen LogP contribution in [-0.2, 0) is 28.8 Å². The molecule has 2 aromatic rings. The summed E-state index contributed by atoms with van der Waals surface area (Å²) in [5.41, 5.74) is 6.04. The largest absolute Gasteiger partial charge is 0.390 e. The molecule has 2 aromatic heterocycles. The van der Waals surface area contributed by atoms with Gasteiger partial charge in [-0.2, -0.15) is 18.4 Å². The molecule has 0 radical (unpaired) electrons. The van der Waals surface area contributed by atoms with E-state index in [0.717, 1.165) is 7.11 Å². The highest BCUT2D eigenvalue weighted by Crippen LogP contribution is 2.32. The van der Waals surface area contributed by atoms with Crippen molar-refractivity contribution in [3.8, 4) is 0 Å². The number of imidazole rings is 1. The van der Waals surface area contributed by atoms with E-state index in [9.17, 15) is 28.5 Å². The lowest BCUT2D eigenvalue weighted by molar-refractivity contribution is -0.138. The lowest BCUT2D eigenvalue weighted by Crippen LogP contribution is -2.48. The van der Waals surface area contributed by atoms with Gasteiger partial charge in [-0.15, -0.1) is 0 Å². The van der Waals surface area contributed by atoms with Gasteiger partial charge in [-0.3, -0.25) is 13.5 Å². The average molecular weight is 525 g/mol. The molecule has 3 rings (SSSR count). The van der Waals surface area contributed by atoms with Gasteiger partial charge in [0, 0.05) is 7.11 Å². The summed E-state index contributed by atoms with van der Waals surface area (Å²) < 4.78 is 42.5. The minimum atomic E-state index is -4.68. The van der Waals surface area contributed by atoms with Crippen molar-refractivity contribution < 1.29 is 42.2 Å². The van der Waals surface area contributed by atoms with E-state index in [-0.39, 0.29) is 22.3 Å². The van der Waals surface area contributed by atoms with Crippen LogP contribution >= 0.6 is 11.6 Å². The molecule has 1 fully saturated rings. The summed E-state index contributed by atoms with van der Waals surface area (Å²) in [5, 5.41) is 30.6. The highest BCUT2D eigenvalue weighted by Gasteiger charge is 2.45. The fraction of sp³-hybridized carbons (Fsp3) is 0.647. The van der Waals surface area contributed by atoms with Gasteiger partial charge in [-0.25, -0.2) is 9.71 Å². The lowest BCUT2D eigenvalue weighted by atomic mass is 10.0. The molecule has 1 amide bonds. The van der Waals surface area contributed by atoms with Gasteiger partial charge in [0.1, 0.15) is 23.8 Å². The fourth-order valence-electron chi connectivity index (χ4n) is 3.31. The van der Waals surface area contributed by atoms with Gasteiger partial charge in [0.05, 0.1) is 19.0 Å². The van der Waals surface area contributed by atoms with Crippen LogP contribution < -0.4 is 10.5 Å². The molecule has 0 aliphatic carbocycles. The van der Waals surface area contributed by atoms with Crippen molar-refractivity contribution in [3.63, 3.8) is 0 Å². The second kappa shape index (κ2) is 10.2. The topological polar surface area (TPSA) is 221 Å². The third kappa shape index (κ3) is 5.38. The number of nitrogens with one attached hydrogen (secondary N) is 1. The van der Waals surface area contributed by atoms with Crippen molar-refractivity contribution in [2.45, 2.75) is 50.6 Å². The van der Waals surface area contributed by atoms with Gasteiger partial charge in [0.15, 0.2) is 23.8 Å². The monoisotopic (exact) mass is 524 g/mol. The lowest BCUT2D eigenvalue weighted by Gasteiger charge is -2.23. The normalized spacial score (nSPS) is 25.1. The highest BCUT2D eigenvalue weighted by molar-refractivity contribution is 7.85. The van der Waals surface area contributed by atoms with Crippen molar-refractivity contribution >= 4 is 44.8 Å². The molecule has 1 aliphatic heterocycles. The molecule has 3 heterocycles. The van der Waals surface area contributed by atoms with E-state index in [0.29, 0.717) is 0 Å². The molecule has 1 aliphatic rings. The van der Waals surface area contributed by atoms with Crippen LogP contribution in [-0.4, -0.2) is 93.4 Å². The zero-order chi connectivity index (χ0) is 25.4. The number of fused-ring (bicyclic) bond motifs is 1. The number of halogens is 1. The quantitative estimate of drug-likeness (QED) is 0.226. The number of amides is 1.